The van der Waals surface area contributed by atoms with E-state index in [0.29, 0.717) is 6.54 Å². The first kappa shape index (κ1) is 12.0. The summed E-state index contributed by atoms with van der Waals surface area (Å²) in [5.74, 6) is 0. The van der Waals surface area contributed by atoms with Crippen molar-refractivity contribution < 1.29 is 0 Å². The number of aryl methyl sites for hydroxylation is 1. The van der Waals surface area contributed by atoms with Crippen molar-refractivity contribution in [3.63, 3.8) is 0 Å². The molecule has 0 saturated carbocycles. The van der Waals surface area contributed by atoms with Crippen LogP contribution < -0.4 is 5.73 Å². The first-order chi connectivity index (χ1) is 9.29. The summed E-state index contributed by atoms with van der Waals surface area (Å²) in [5, 5.41) is 1.31. The van der Waals surface area contributed by atoms with Crippen LogP contribution in [-0.4, -0.2) is 11.1 Å². The molecule has 0 aliphatic carbocycles. The number of nitrogens with two attached hydrogens (primary N) is 1. The van der Waals surface area contributed by atoms with Gasteiger partial charge in [-0.2, -0.15) is 0 Å². The number of hydrogen-bond donors (Lipinski definition) is 1. The predicted molar refractivity (Wildman–Crippen MR) is 81.2 cm³/mol. The van der Waals surface area contributed by atoms with Crippen LogP contribution in [0.3, 0.4) is 0 Å². The highest BCUT2D eigenvalue weighted by Gasteiger charge is 2.06. The molecule has 0 bridgehead atoms. The van der Waals surface area contributed by atoms with Crippen molar-refractivity contribution in [3.05, 3.63) is 60.3 Å². The van der Waals surface area contributed by atoms with Crippen LogP contribution in [0.25, 0.3) is 22.0 Å². The third-order valence-electron chi connectivity index (χ3n) is 3.56. The molecule has 0 aliphatic rings. The molecule has 2 nitrogen and oxygen atoms in total. The zero-order valence-electron chi connectivity index (χ0n) is 11.1. The molecule has 2 heteroatoms. The van der Waals surface area contributed by atoms with Crippen molar-refractivity contribution in [1.82, 2.24) is 4.57 Å². The molecule has 2 N–H and O–H groups in total. The predicted octanol–water partition coefficient (Wildman–Crippen LogP) is 3.58. The lowest BCUT2D eigenvalue weighted by atomic mass is 10.0. The van der Waals surface area contributed by atoms with Crippen molar-refractivity contribution in [3.8, 4) is 11.1 Å². The molecule has 0 spiro atoms. The van der Waals surface area contributed by atoms with E-state index in [9.17, 15) is 0 Å². The van der Waals surface area contributed by atoms with E-state index in [1.54, 1.807) is 0 Å². The zero-order valence-corrected chi connectivity index (χ0v) is 11.1. The van der Waals surface area contributed by atoms with Crippen molar-refractivity contribution in [1.29, 1.82) is 0 Å². The van der Waals surface area contributed by atoms with E-state index in [2.05, 4.69) is 60.2 Å². The van der Waals surface area contributed by atoms with Gasteiger partial charge in [0.25, 0.3) is 0 Å². The van der Waals surface area contributed by atoms with Gasteiger partial charge < -0.3 is 10.3 Å². The van der Waals surface area contributed by atoms with Gasteiger partial charge in [-0.15, -0.1) is 0 Å². The number of fused-ring (bicyclic) bond motifs is 1. The van der Waals surface area contributed by atoms with Gasteiger partial charge in [0.05, 0.1) is 0 Å². The number of nitrogens with zero attached hydrogens (tertiary/aromatic N) is 1. The second-order valence-electron chi connectivity index (χ2n) is 4.89. The zero-order chi connectivity index (χ0) is 13.2. The Hall–Kier alpha value is -2.06. The number of hydrogen-bond acceptors (Lipinski definition) is 1. The largest absolute Gasteiger partial charge is 0.346 e. The highest BCUT2D eigenvalue weighted by Crippen LogP contribution is 2.27. The Bertz CT molecular complexity index is 696. The Morgan fingerprint density at radius 3 is 2.53 bits per heavy atom. The molecule has 0 unspecified atom stereocenters. The molecule has 3 aromatic rings. The molecule has 0 atom stereocenters. The van der Waals surface area contributed by atoms with E-state index < -0.39 is 0 Å². The molecule has 0 saturated heterocycles. The van der Waals surface area contributed by atoms with Gasteiger partial charge in [0.15, 0.2) is 0 Å². The maximum Gasteiger partial charge on any atom is 0.0483 e. The summed E-state index contributed by atoms with van der Waals surface area (Å²) < 4.78 is 2.24. The molecule has 96 valence electrons. The summed E-state index contributed by atoms with van der Waals surface area (Å²) in [5.41, 5.74) is 10.8. The Kier molecular flexibility index (Phi) is 3.10. The monoisotopic (exact) mass is 250 g/mol. The molecular weight excluding hydrogens is 232 g/mol. The molecule has 0 fully saturated rings. The Labute approximate surface area is 113 Å². The highest BCUT2D eigenvalue weighted by molar-refractivity contribution is 5.88. The Morgan fingerprint density at radius 2 is 1.79 bits per heavy atom. The summed E-state index contributed by atoms with van der Waals surface area (Å²) in [6.07, 6.45) is 2.19. The second kappa shape index (κ2) is 4.90. The topological polar surface area (TPSA) is 30.9 Å². The summed E-state index contributed by atoms with van der Waals surface area (Å²) in [6.45, 7) is 3.70. The van der Waals surface area contributed by atoms with E-state index in [1.165, 1.54) is 27.6 Å². The van der Waals surface area contributed by atoms with Crippen molar-refractivity contribution in [2.24, 2.45) is 5.73 Å². The summed E-state index contributed by atoms with van der Waals surface area (Å²) in [7, 11) is 0. The molecule has 3 rings (SSSR count). The lowest BCUT2D eigenvalue weighted by Crippen LogP contribution is -2.08. The van der Waals surface area contributed by atoms with Gasteiger partial charge in [0, 0.05) is 30.2 Å². The van der Waals surface area contributed by atoms with Crippen LogP contribution in [0.1, 0.15) is 5.56 Å². The fourth-order valence-corrected chi connectivity index (χ4v) is 2.61. The lowest BCUT2D eigenvalue weighted by Gasteiger charge is -2.05. The van der Waals surface area contributed by atoms with Crippen LogP contribution in [0.2, 0.25) is 0 Å². The average molecular weight is 250 g/mol. The van der Waals surface area contributed by atoms with E-state index in [1.807, 2.05) is 6.07 Å². The molecular formula is C17H18N2. The van der Waals surface area contributed by atoms with E-state index >= 15 is 0 Å². The third-order valence-corrected chi connectivity index (χ3v) is 3.56. The van der Waals surface area contributed by atoms with Crippen LogP contribution in [0, 0.1) is 6.92 Å². The van der Waals surface area contributed by atoms with Crippen LogP contribution >= 0.6 is 0 Å². The second-order valence-corrected chi connectivity index (χ2v) is 4.89. The minimum Gasteiger partial charge on any atom is -0.346 e. The SMILES string of the molecule is Cc1cn(CCN)c2ccc(-c3ccccc3)cc12. The minimum absolute atomic E-state index is 0.670. The number of aromatic nitrogens is 1. The third kappa shape index (κ3) is 2.15. The molecule has 0 amide bonds. The van der Waals surface area contributed by atoms with Crippen molar-refractivity contribution in [2.75, 3.05) is 6.54 Å². The van der Waals surface area contributed by atoms with Gasteiger partial charge in [0.1, 0.15) is 0 Å². The summed E-state index contributed by atoms with van der Waals surface area (Å²) in [4.78, 5) is 0. The fraction of sp³-hybridized carbons (Fsp3) is 0.176. The maximum atomic E-state index is 5.66. The van der Waals surface area contributed by atoms with Crippen LogP contribution in [-0.2, 0) is 6.54 Å². The van der Waals surface area contributed by atoms with E-state index in [-0.39, 0.29) is 0 Å². The highest BCUT2D eigenvalue weighted by atomic mass is 15.0. The fourth-order valence-electron chi connectivity index (χ4n) is 2.61. The maximum absolute atomic E-state index is 5.66. The van der Waals surface area contributed by atoms with Crippen molar-refractivity contribution in [2.45, 2.75) is 13.5 Å². The molecule has 1 heterocycles. The smallest absolute Gasteiger partial charge is 0.0483 e. The quantitative estimate of drug-likeness (QED) is 0.757. The van der Waals surface area contributed by atoms with Gasteiger partial charge in [-0.05, 0) is 35.7 Å². The van der Waals surface area contributed by atoms with Gasteiger partial charge in [0.2, 0.25) is 0 Å². The molecule has 0 radical (unpaired) electrons. The first-order valence-electron chi connectivity index (χ1n) is 6.64. The average Bonchev–Trinajstić information content (AvgIpc) is 2.77. The first-order valence-corrected chi connectivity index (χ1v) is 6.64. The lowest BCUT2D eigenvalue weighted by molar-refractivity contribution is 0.734. The van der Waals surface area contributed by atoms with E-state index in [0.717, 1.165) is 6.54 Å². The van der Waals surface area contributed by atoms with Crippen LogP contribution in [0.5, 0.6) is 0 Å². The molecule has 19 heavy (non-hydrogen) atoms. The summed E-state index contributed by atoms with van der Waals surface area (Å²) in [6, 6.07) is 17.1. The number of rotatable bonds is 3. The van der Waals surface area contributed by atoms with Gasteiger partial charge in [-0.1, -0.05) is 36.4 Å². The van der Waals surface area contributed by atoms with Crippen molar-refractivity contribution >= 4 is 10.9 Å². The van der Waals surface area contributed by atoms with E-state index in [4.69, 9.17) is 5.73 Å². The summed E-state index contributed by atoms with van der Waals surface area (Å²) >= 11 is 0. The standard InChI is InChI=1S/C17H18N2/c1-13-12-19(10-9-18)17-8-7-15(11-16(13)17)14-5-3-2-4-6-14/h2-8,11-12H,9-10,18H2,1H3. The van der Waals surface area contributed by atoms with Gasteiger partial charge >= 0.3 is 0 Å². The minimum atomic E-state index is 0.670. The number of benzene rings is 2. The normalized spacial score (nSPS) is 11.1. The van der Waals surface area contributed by atoms with Crippen LogP contribution in [0.15, 0.2) is 54.7 Å². The molecule has 0 aliphatic heterocycles. The van der Waals surface area contributed by atoms with Gasteiger partial charge in [-0.25, -0.2) is 0 Å². The Morgan fingerprint density at radius 1 is 1.00 bits per heavy atom. The molecule has 1 aromatic heterocycles. The molecule has 2 aromatic carbocycles. The van der Waals surface area contributed by atoms with Crippen LogP contribution in [0.4, 0.5) is 0 Å². The Balaban J connectivity index is 2.14. The van der Waals surface area contributed by atoms with Gasteiger partial charge in [-0.3, -0.25) is 0 Å².